The van der Waals surface area contributed by atoms with Crippen molar-refractivity contribution in [2.75, 3.05) is 19.7 Å². The molecule has 1 fully saturated rings. The largest absolute Gasteiger partial charge is 0.382 e. The topological polar surface area (TPSA) is 41.5 Å². The van der Waals surface area contributed by atoms with Crippen LogP contribution in [-0.4, -0.2) is 30.9 Å². The van der Waals surface area contributed by atoms with Crippen LogP contribution in [0.15, 0.2) is 24.3 Å². The lowest BCUT2D eigenvalue weighted by molar-refractivity contribution is -0.126. The van der Waals surface area contributed by atoms with Crippen molar-refractivity contribution >= 4 is 0 Å². The van der Waals surface area contributed by atoms with Gasteiger partial charge in [-0.25, -0.2) is 4.39 Å². The predicted octanol–water partition coefficient (Wildman–Crippen LogP) is 1.41. The molecule has 0 spiro atoms. The van der Waals surface area contributed by atoms with E-state index in [1.807, 2.05) is 6.92 Å². The number of piperidine rings is 1. The summed E-state index contributed by atoms with van der Waals surface area (Å²) in [6, 6.07) is 6.01. The molecule has 0 aromatic heterocycles. The summed E-state index contributed by atoms with van der Waals surface area (Å²) in [5, 5.41) is 13.9. The van der Waals surface area contributed by atoms with Crippen molar-refractivity contribution in [1.82, 2.24) is 5.32 Å². The van der Waals surface area contributed by atoms with Gasteiger partial charge in [0.15, 0.2) is 0 Å². The van der Waals surface area contributed by atoms with Crippen LogP contribution in [-0.2, 0) is 10.3 Å². The lowest BCUT2D eigenvalue weighted by Crippen LogP contribution is -2.53. The summed E-state index contributed by atoms with van der Waals surface area (Å²) in [7, 11) is 0. The average Bonchev–Trinajstić information content (AvgIpc) is 2.33. The summed E-state index contributed by atoms with van der Waals surface area (Å²) in [5.74, 6) is -0.292. The molecule has 0 radical (unpaired) electrons. The number of aliphatic hydroxyl groups is 1. The smallest absolute Gasteiger partial charge is 0.123 e. The second kappa shape index (κ2) is 5.12. The molecule has 0 amide bonds. The van der Waals surface area contributed by atoms with E-state index in [1.165, 1.54) is 12.1 Å². The van der Waals surface area contributed by atoms with Crippen LogP contribution in [0.1, 0.15) is 18.9 Å². The number of benzene rings is 1. The Morgan fingerprint density at radius 3 is 2.82 bits per heavy atom. The van der Waals surface area contributed by atoms with Gasteiger partial charge in [0.25, 0.3) is 0 Å². The Hall–Kier alpha value is -0.970. The first kappa shape index (κ1) is 12.5. The minimum atomic E-state index is -1.02. The molecule has 17 heavy (non-hydrogen) atoms. The Kier molecular flexibility index (Phi) is 3.76. The van der Waals surface area contributed by atoms with Gasteiger partial charge in [0.05, 0.1) is 0 Å². The third-order valence-electron chi connectivity index (χ3n) is 3.26. The van der Waals surface area contributed by atoms with E-state index in [0.29, 0.717) is 19.6 Å². The predicted molar refractivity (Wildman–Crippen MR) is 63.2 cm³/mol. The molecule has 3 nitrogen and oxygen atoms in total. The van der Waals surface area contributed by atoms with Crippen molar-refractivity contribution in [1.29, 1.82) is 0 Å². The Bertz CT molecular complexity index is 366. The monoisotopic (exact) mass is 239 g/mol. The maximum absolute atomic E-state index is 12.9. The van der Waals surface area contributed by atoms with Crippen molar-refractivity contribution in [2.24, 2.45) is 0 Å². The van der Waals surface area contributed by atoms with Crippen LogP contribution in [0.3, 0.4) is 0 Å². The second-order valence-electron chi connectivity index (χ2n) is 4.33. The summed E-state index contributed by atoms with van der Waals surface area (Å²) in [6.07, 6.45) is 0.287. The molecule has 0 bridgehead atoms. The van der Waals surface area contributed by atoms with Crippen LogP contribution < -0.4 is 5.32 Å². The zero-order valence-corrected chi connectivity index (χ0v) is 9.95. The Labute approximate surface area is 101 Å². The highest BCUT2D eigenvalue weighted by Crippen LogP contribution is 2.32. The van der Waals surface area contributed by atoms with Crippen LogP contribution >= 0.6 is 0 Å². The van der Waals surface area contributed by atoms with Gasteiger partial charge in [-0.05, 0) is 37.6 Å². The van der Waals surface area contributed by atoms with E-state index in [2.05, 4.69) is 5.32 Å². The van der Waals surface area contributed by atoms with Crippen LogP contribution in [0, 0.1) is 5.82 Å². The minimum absolute atomic E-state index is 0.285. The molecule has 1 aliphatic heterocycles. The van der Waals surface area contributed by atoms with E-state index in [1.54, 1.807) is 12.1 Å². The van der Waals surface area contributed by atoms with Crippen molar-refractivity contribution in [3.8, 4) is 0 Å². The lowest BCUT2D eigenvalue weighted by Gasteiger charge is -2.40. The van der Waals surface area contributed by atoms with Crippen LogP contribution in [0.4, 0.5) is 4.39 Å². The molecule has 2 atom stereocenters. The molecule has 2 unspecified atom stereocenters. The summed E-state index contributed by atoms with van der Waals surface area (Å²) in [5.41, 5.74) is -0.298. The van der Waals surface area contributed by atoms with Gasteiger partial charge < -0.3 is 15.2 Å². The number of ether oxygens (including phenoxy) is 1. The van der Waals surface area contributed by atoms with Gasteiger partial charge in [-0.3, -0.25) is 0 Å². The molecular weight excluding hydrogens is 221 g/mol. The number of nitrogens with one attached hydrogen (secondary N) is 1. The number of hydrogen-bond donors (Lipinski definition) is 2. The first-order valence-corrected chi connectivity index (χ1v) is 5.97. The summed E-state index contributed by atoms with van der Waals surface area (Å²) < 4.78 is 18.5. The molecule has 1 aliphatic rings. The number of halogens is 1. The molecule has 94 valence electrons. The van der Waals surface area contributed by atoms with Gasteiger partial charge in [0, 0.05) is 13.2 Å². The van der Waals surface area contributed by atoms with Gasteiger partial charge in [-0.1, -0.05) is 12.1 Å². The first-order valence-electron chi connectivity index (χ1n) is 5.97. The Balaban J connectivity index is 2.27. The maximum Gasteiger partial charge on any atom is 0.123 e. The molecule has 0 saturated carbocycles. The van der Waals surface area contributed by atoms with E-state index in [9.17, 15) is 9.50 Å². The maximum atomic E-state index is 12.9. The first-order chi connectivity index (χ1) is 8.16. The Morgan fingerprint density at radius 2 is 2.18 bits per heavy atom. The van der Waals surface area contributed by atoms with Crippen molar-refractivity contribution in [3.63, 3.8) is 0 Å². The molecule has 2 N–H and O–H groups in total. The van der Waals surface area contributed by atoms with E-state index in [4.69, 9.17) is 4.74 Å². The van der Waals surface area contributed by atoms with Crippen molar-refractivity contribution in [2.45, 2.75) is 25.0 Å². The second-order valence-corrected chi connectivity index (χ2v) is 4.33. The molecule has 1 aromatic carbocycles. The quantitative estimate of drug-likeness (QED) is 0.838. The van der Waals surface area contributed by atoms with Crippen LogP contribution in [0.5, 0.6) is 0 Å². The van der Waals surface area contributed by atoms with Gasteiger partial charge in [-0.15, -0.1) is 0 Å². The number of rotatable bonds is 3. The highest BCUT2D eigenvalue weighted by Gasteiger charge is 2.41. The van der Waals surface area contributed by atoms with E-state index < -0.39 is 5.60 Å². The molecule has 1 heterocycles. The van der Waals surface area contributed by atoms with E-state index in [-0.39, 0.29) is 11.9 Å². The highest BCUT2D eigenvalue weighted by molar-refractivity contribution is 5.25. The van der Waals surface area contributed by atoms with Gasteiger partial charge >= 0.3 is 0 Å². The third-order valence-corrected chi connectivity index (χ3v) is 3.26. The molecular formula is C13H18FNO2. The average molecular weight is 239 g/mol. The standard InChI is InChI=1S/C13H18FNO2/c1-2-17-12-9-15-8-7-13(12,16)10-3-5-11(14)6-4-10/h3-6,12,15-16H,2,7-9H2,1H3. The highest BCUT2D eigenvalue weighted by atomic mass is 19.1. The molecule has 2 rings (SSSR count). The fraction of sp³-hybridized carbons (Fsp3) is 0.538. The zero-order chi connectivity index (χ0) is 12.3. The SMILES string of the molecule is CCOC1CNCCC1(O)c1ccc(F)cc1. The molecule has 4 heteroatoms. The van der Waals surface area contributed by atoms with Crippen molar-refractivity contribution < 1.29 is 14.2 Å². The normalized spacial score (nSPS) is 29.2. The van der Waals surface area contributed by atoms with E-state index >= 15 is 0 Å². The molecule has 1 aromatic rings. The molecule has 1 saturated heterocycles. The van der Waals surface area contributed by atoms with Gasteiger partial charge in [-0.2, -0.15) is 0 Å². The summed E-state index contributed by atoms with van der Waals surface area (Å²) >= 11 is 0. The van der Waals surface area contributed by atoms with Crippen LogP contribution in [0.2, 0.25) is 0 Å². The van der Waals surface area contributed by atoms with Gasteiger partial charge in [0.2, 0.25) is 0 Å². The zero-order valence-electron chi connectivity index (χ0n) is 9.95. The lowest BCUT2D eigenvalue weighted by atomic mass is 9.82. The third kappa shape index (κ3) is 2.49. The van der Waals surface area contributed by atoms with Crippen LogP contribution in [0.25, 0.3) is 0 Å². The number of hydrogen-bond acceptors (Lipinski definition) is 3. The summed E-state index contributed by atoms with van der Waals surface area (Å²) in [6.45, 7) is 3.80. The fourth-order valence-electron chi connectivity index (χ4n) is 2.31. The molecule has 0 aliphatic carbocycles. The fourth-order valence-corrected chi connectivity index (χ4v) is 2.31. The Morgan fingerprint density at radius 1 is 1.47 bits per heavy atom. The summed E-state index contributed by atoms with van der Waals surface area (Å²) in [4.78, 5) is 0. The minimum Gasteiger partial charge on any atom is -0.382 e. The van der Waals surface area contributed by atoms with E-state index in [0.717, 1.165) is 12.1 Å². The van der Waals surface area contributed by atoms with Gasteiger partial charge in [0.1, 0.15) is 17.5 Å². The van der Waals surface area contributed by atoms with Crippen molar-refractivity contribution in [3.05, 3.63) is 35.6 Å².